The first-order valence-electron chi connectivity index (χ1n) is 10.5. The molecule has 5 heterocycles. The van der Waals surface area contributed by atoms with Gasteiger partial charge in [0.25, 0.3) is 0 Å². The number of halogens is 1. The minimum atomic E-state index is -0.475. The SMILES string of the molecule is CC1CN(c2cc(F)nc(N3CCc4nc(-c5ncccn5)ncc4C3C)c2)CCO1. The van der Waals surface area contributed by atoms with Gasteiger partial charge in [0, 0.05) is 68.0 Å². The summed E-state index contributed by atoms with van der Waals surface area (Å²) in [5, 5.41) is 0. The highest BCUT2D eigenvalue weighted by atomic mass is 19.1. The highest BCUT2D eigenvalue weighted by Gasteiger charge is 2.28. The van der Waals surface area contributed by atoms with E-state index in [-0.39, 0.29) is 12.1 Å². The summed E-state index contributed by atoms with van der Waals surface area (Å²) < 4.78 is 20.1. The lowest BCUT2D eigenvalue weighted by Crippen LogP contribution is -2.41. The number of hydrogen-bond donors (Lipinski definition) is 0. The monoisotopic (exact) mass is 421 g/mol. The Morgan fingerprint density at radius 3 is 2.68 bits per heavy atom. The average Bonchev–Trinajstić information content (AvgIpc) is 2.79. The molecule has 0 bridgehead atoms. The van der Waals surface area contributed by atoms with Crippen LogP contribution in [0.2, 0.25) is 0 Å². The van der Waals surface area contributed by atoms with E-state index in [0.717, 1.165) is 30.0 Å². The van der Waals surface area contributed by atoms with E-state index in [4.69, 9.17) is 9.72 Å². The zero-order chi connectivity index (χ0) is 21.4. The van der Waals surface area contributed by atoms with Crippen molar-refractivity contribution in [2.45, 2.75) is 32.4 Å². The van der Waals surface area contributed by atoms with Crippen molar-refractivity contribution < 1.29 is 9.13 Å². The molecule has 1 saturated heterocycles. The minimum Gasteiger partial charge on any atom is -0.375 e. The Labute approximate surface area is 180 Å². The molecule has 2 unspecified atom stereocenters. The largest absolute Gasteiger partial charge is 0.375 e. The van der Waals surface area contributed by atoms with Crippen LogP contribution in [0.5, 0.6) is 0 Å². The summed E-state index contributed by atoms with van der Waals surface area (Å²) in [5.74, 6) is 1.18. The van der Waals surface area contributed by atoms with Crippen molar-refractivity contribution in [3.05, 3.63) is 54.0 Å². The molecule has 0 N–H and O–H groups in total. The van der Waals surface area contributed by atoms with Crippen LogP contribution in [-0.4, -0.2) is 57.3 Å². The highest BCUT2D eigenvalue weighted by Crippen LogP contribution is 2.34. The molecule has 0 spiro atoms. The maximum absolute atomic E-state index is 14.5. The van der Waals surface area contributed by atoms with Crippen LogP contribution in [0.3, 0.4) is 0 Å². The fourth-order valence-electron chi connectivity index (χ4n) is 4.25. The average molecular weight is 421 g/mol. The molecule has 2 atom stereocenters. The van der Waals surface area contributed by atoms with Crippen LogP contribution in [0, 0.1) is 5.95 Å². The van der Waals surface area contributed by atoms with E-state index >= 15 is 0 Å². The van der Waals surface area contributed by atoms with Crippen LogP contribution in [-0.2, 0) is 11.2 Å². The second-order valence-electron chi connectivity index (χ2n) is 7.92. The van der Waals surface area contributed by atoms with E-state index in [9.17, 15) is 4.39 Å². The third-order valence-corrected chi connectivity index (χ3v) is 5.84. The van der Waals surface area contributed by atoms with Crippen LogP contribution in [0.15, 0.2) is 36.8 Å². The van der Waals surface area contributed by atoms with Crippen LogP contribution in [0.25, 0.3) is 11.6 Å². The topological polar surface area (TPSA) is 80.2 Å². The molecule has 8 nitrogen and oxygen atoms in total. The predicted octanol–water partition coefficient (Wildman–Crippen LogP) is 2.82. The number of pyridine rings is 1. The third kappa shape index (κ3) is 3.93. The molecule has 31 heavy (non-hydrogen) atoms. The van der Waals surface area contributed by atoms with Gasteiger partial charge in [0.15, 0.2) is 11.6 Å². The molecule has 3 aromatic heterocycles. The van der Waals surface area contributed by atoms with Gasteiger partial charge in [0.1, 0.15) is 5.82 Å². The molecule has 2 aliphatic rings. The Balaban J connectivity index is 1.43. The van der Waals surface area contributed by atoms with Crippen molar-refractivity contribution >= 4 is 11.5 Å². The Kier molecular flexibility index (Phi) is 5.19. The number of anilines is 2. The van der Waals surface area contributed by atoms with Crippen molar-refractivity contribution in [1.82, 2.24) is 24.9 Å². The molecule has 1 fully saturated rings. The standard InChI is InChI=1S/C22H24FN7O/c1-14-13-29(8-9-31-14)16-10-19(23)28-20(11-16)30-7-4-18-17(15(30)2)12-26-22(27-18)21-24-5-3-6-25-21/h3,5-6,10-12,14-15H,4,7-9,13H2,1-2H3. The zero-order valence-corrected chi connectivity index (χ0v) is 17.6. The predicted molar refractivity (Wildman–Crippen MR) is 114 cm³/mol. The summed E-state index contributed by atoms with van der Waals surface area (Å²) in [6.07, 6.45) is 6.02. The molecular formula is C22H24FN7O. The van der Waals surface area contributed by atoms with Gasteiger partial charge in [0.05, 0.1) is 24.4 Å². The van der Waals surface area contributed by atoms with Gasteiger partial charge in [-0.2, -0.15) is 4.39 Å². The molecule has 9 heteroatoms. The summed E-state index contributed by atoms with van der Waals surface area (Å²) in [6, 6.07) is 5.20. The number of morpholine rings is 1. The van der Waals surface area contributed by atoms with E-state index < -0.39 is 5.95 Å². The molecule has 2 aliphatic heterocycles. The first-order valence-corrected chi connectivity index (χ1v) is 10.5. The number of fused-ring (bicyclic) bond motifs is 1. The molecular weight excluding hydrogens is 397 g/mol. The Morgan fingerprint density at radius 1 is 1.03 bits per heavy atom. The quantitative estimate of drug-likeness (QED) is 0.598. The smallest absolute Gasteiger partial charge is 0.216 e. The molecule has 0 aromatic carbocycles. The zero-order valence-electron chi connectivity index (χ0n) is 17.6. The maximum atomic E-state index is 14.5. The van der Waals surface area contributed by atoms with Gasteiger partial charge in [-0.05, 0) is 19.9 Å². The lowest BCUT2D eigenvalue weighted by molar-refractivity contribution is 0.0532. The maximum Gasteiger partial charge on any atom is 0.216 e. The van der Waals surface area contributed by atoms with Crippen molar-refractivity contribution in [3.63, 3.8) is 0 Å². The summed E-state index contributed by atoms with van der Waals surface area (Å²) in [5.41, 5.74) is 2.82. The lowest BCUT2D eigenvalue weighted by Gasteiger charge is -2.37. The second kappa shape index (κ2) is 8.14. The lowest BCUT2D eigenvalue weighted by atomic mass is 9.99. The van der Waals surface area contributed by atoms with E-state index in [0.29, 0.717) is 37.0 Å². The fraction of sp³-hybridized carbons (Fsp3) is 0.409. The van der Waals surface area contributed by atoms with Gasteiger partial charge in [0.2, 0.25) is 5.95 Å². The second-order valence-corrected chi connectivity index (χ2v) is 7.92. The van der Waals surface area contributed by atoms with Crippen molar-refractivity contribution in [2.24, 2.45) is 0 Å². The molecule has 0 radical (unpaired) electrons. The van der Waals surface area contributed by atoms with E-state index in [1.54, 1.807) is 18.5 Å². The van der Waals surface area contributed by atoms with Crippen LogP contribution in [0.4, 0.5) is 15.9 Å². The third-order valence-electron chi connectivity index (χ3n) is 5.84. The number of hydrogen-bond acceptors (Lipinski definition) is 8. The first-order chi connectivity index (χ1) is 15.1. The normalized spacial score (nSPS) is 21.1. The van der Waals surface area contributed by atoms with Crippen LogP contribution < -0.4 is 9.80 Å². The van der Waals surface area contributed by atoms with Gasteiger partial charge in [-0.3, -0.25) is 0 Å². The minimum absolute atomic E-state index is 0.0275. The van der Waals surface area contributed by atoms with E-state index in [1.165, 1.54) is 6.07 Å². The summed E-state index contributed by atoms with van der Waals surface area (Å²) in [4.78, 5) is 26.1. The fourth-order valence-corrected chi connectivity index (χ4v) is 4.25. The summed E-state index contributed by atoms with van der Waals surface area (Å²) in [7, 11) is 0. The van der Waals surface area contributed by atoms with Gasteiger partial charge in [-0.1, -0.05) is 0 Å². The molecule has 0 amide bonds. The van der Waals surface area contributed by atoms with E-state index in [1.807, 2.05) is 19.2 Å². The van der Waals surface area contributed by atoms with Crippen LogP contribution in [0.1, 0.15) is 31.1 Å². The number of ether oxygens (including phenoxy) is 1. The Morgan fingerprint density at radius 2 is 1.87 bits per heavy atom. The summed E-state index contributed by atoms with van der Waals surface area (Å²) >= 11 is 0. The summed E-state index contributed by atoms with van der Waals surface area (Å²) in [6.45, 7) is 6.91. The van der Waals surface area contributed by atoms with Crippen LogP contribution >= 0.6 is 0 Å². The molecule has 0 aliphatic carbocycles. The van der Waals surface area contributed by atoms with E-state index in [2.05, 4.69) is 36.7 Å². The molecule has 160 valence electrons. The van der Waals surface area contributed by atoms with Gasteiger partial charge < -0.3 is 14.5 Å². The Bertz CT molecular complexity index is 1080. The molecule has 5 rings (SSSR count). The van der Waals surface area contributed by atoms with Gasteiger partial charge in [-0.15, -0.1) is 0 Å². The first kappa shape index (κ1) is 19.7. The highest BCUT2D eigenvalue weighted by molar-refractivity contribution is 5.57. The van der Waals surface area contributed by atoms with Crippen molar-refractivity contribution in [2.75, 3.05) is 36.0 Å². The number of nitrogens with zero attached hydrogens (tertiary/aromatic N) is 7. The molecule has 3 aromatic rings. The van der Waals surface area contributed by atoms with Crippen molar-refractivity contribution in [3.8, 4) is 11.6 Å². The number of aromatic nitrogens is 5. The van der Waals surface area contributed by atoms with Gasteiger partial charge >= 0.3 is 0 Å². The number of rotatable bonds is 3. The van der Waals surface area contributed by atoms with Crippen molar-refractivity contribution in [1.29, 1.82) is 0 Å². The Hall–Kier alpha value is -3.20. The van der Waals surface area contributed by atoms with Gasteiger partial charge in [-0.25, -0.2) is 24.9 Å². The molecule has 0 saturated carbocycles.